The minimum Gasteiger partial charge on any atom is -0.369 e. The molecule has 2 fully saturated rings. The Kier molecular flexibility index (Phi) is 7.80. The molecular formula is C25H29ClFN9O3S. The number of hydrogen-bond acceptors (Lipinski definition) is 9. The first-order valence-electron chi connectivity index (χ1n) is 13.0. The van der Waals surface area contributed by atoms with Gasteiger partial charge in [-0.1, -0.05) is 11.6 Å². The summed E-state index contributed by atoms with van der Waals surface area (Å²) in [4.78, 5) is 25.5. The molecule has 0 spiro atoms. The van der Waals surface area contributed by atoms with E-state index in [1.807, 2.05) is 10.6 Å². The van der Waals surface area contributed by atoms with Gasteiger partial charge in [0.1, 0.15) is 11.3 Å². The predicted molar refractivity (Wildman–Crippen MR) is 148 cm³/mol. The maximum absolute atomic E-state index is 14.9. The average Bonchev–Trinajstić information content (AvgIpc) is 3.27. The maximum atomic E-state index is 14.9. The highest BCUT2D eigenvalue weighted by Crippen LogP contribution is 2.38. The molecule has 1 saturated carbocycles. The number of benzene rings is 1. The highest BCUT2D eigenvalue weighted by atomic mass is 35.5. The molecule has 3 heterocycles. The van der Waals surface area contributed by atoms with Gasteiger partial charge in [-0.3, -0.25) is 9.36 Å². The lowest BCUT2D eigenvalue weighted by atomic mass is 9.85. The lowest BCUT2D eigenvalue weighted by Gasteiger charge is -2.31. The second-order valence-corrected chi connectivity index (χ2v) is 12.7. The van der Waals surface area contributed by atoms with E-state index in [-0.39, 0.29) is 46.1 Å². The number of halogens is 2. The number of sulfonamides is 1. The topological polar surface area (TPSA) is 172 Å². The van der Waals surface area contributed by atoms with E-state index < -0.39 is 15.8 Å². The third-order valence-electron chi connectivity index (χ3n) is 7.49. The van der Waals surface area contributed by atoms with E-state index in [4.69, 9.17) is 27.6 Å². The summed E-state index contributed by atoms with van der Waals surface area (Å²) >= 11 is 6.30. The first-order valence-corrected chi connectivity index (χ1v) is 15.2. The van der Waals surface area contributed by atoms with Crippen LogP contribution in [0, 0.1) is 23.1 Å². The fourth-order valence-electron chi connectivity index (χ4n) is 5.43. The zero-order valence-electron chi connectivity index (χ0n) is 21.8. The summed E-state index contributed by atoms with van der Waals surface area (Å²) in [6, 6.07) is 4.03. The van der Waals surface area contributed by atoms with E-state index >= 15 is 0 Å². The molecule has 40 heavy (non-hydrogen) atoms. The van der Waals surface area contributed by atoms with E-state index in [0.29, 0.717) is 62.3 Å². The SMILES string of the molecule is CS(=O)(=O)N1CCC[C@@H](Nc2ncc3nc(Nc4c(F)cc(C#N)cc4Cl)n(C4CCC(C(N)=O)CC4)c3n2)C1. The third kappa shape index (κ3) is 5.81. The molecule has 12 nitrogen and oxygen atoms in total. The summed E-state index contributed by atoms with van der Waals surface area (Å²) in [5.41, 5.74) is 6.54. The Labute approximate surface area is 235 Å². The fraction of sp³-hybridized carbons (Fsp3) is 0.480. The number of amides is 1. The van der Waals surface area contributed by atoms with Crippen molar-refractivity contribution in [2.75, 3.05) is 30.0 Å². The number of imidazole rings is 1. The van der Waals surface area contributed by atoms with Crippen molar-refractivity contribution in [1.82, 2.24) is 23.8 Å². The van der Waals surface area contributed by atoms with Crippen molar-refractivity contribution in [2.45, 2.75) is 50.6 Å². The first kappa shape index (κ1) is 28.0. The number of hydrogen-bond donors (Lipinski definition) is 3. The second kappa shape index (κ2) is 11.1. The molecule has 2 aromatic heterocycles. The second-order valence-electron chi connectivity index (χ2n) is 10.3. The lowest BCUT2D eigenvalue weighted by Crippen LogP contribution is -2.44. The van der Waals surface area contributed by atoms with E-state index in [1.54, 1.807) is 6.20 Å². The number of primary amides is 1. The molecule has 1 aliphatic heterocycles. The van der Waals surface area contributed by atoms with Crippen LogP contribution in [0.4, 0.5) is 22.0 Å². The molecule has 0 unspecified atom stereocenters. The Morgan fingerprint density at radius 3 is 2.62 bits per heavy atom. The van der Waals surface area contributed by atoms with Crippen molar-refractivity contribution in [1.29, 1.82) is 5.26 Å². The quantitative estimate of drug-likeness (QED) is 0.374. The smallest absolute Gasteiger partial charge is 0.225 e. The van der Waals surface area contributed by atoms with Crippen LogP contribution in [0.25, 0.3) is 11.2 Å². The maximum Gasteiger partial charge on any atom is 0.225 e. The zero-order valence-corrected chi connectivity index (χ0v) is 23.3. The first-order chi connectivity index (χ1) is 19.0. The van der Waals surface area contributed by atoms with E-state index in [2.05, 4.69) is 20.6 Å². The van der Waals surface area contributed by atoms with Crippen LogP contribution in [0.3, 0.4) is 0 Å². The summed E-state index contributed by atoms with van der Waals surface area (Å²) in [6.45, 7) is 0.779. The molecule has 1 amide bonds. The van der Waals surface area contributed by atoms with Gasteiger partial charge >= 0.3 is 0 Å². The molecule has 15 heteroatoms. The van der Waals surface area contributed by atoms with Gasteiger partial charge in [0.25, 0.3) is 0 Å². The van der Waals surface area contributed by atoms with Gasteiger partial charge in [-0.2, -0.15) is 10.2 Å². The lowest BCUT2D eigenvalue weighted by molar-refractivity contribution is -0.122. The predicted octanol–water partition coefficient (Wildman–Crippen LogP) is 3.29. The average molecular weight is 590 g/mol. The third-order valence-corrected chi connectivity index (χ3v) is 9.06. The number of anilines is 3. The van der Waals surface area contributed by atoms with Gasteiger partial charge in [0.15, 0.2) is 5.65 Å². The molecule has 4 N–H and O–H groups in total. The summed E-state index contributed by atoms with van der Waals surface area (Å²) in [6.07, 6.45) is 6.63. The summed E-state index contributed by atoms with van der Waals surface area (Å²) in [5.74, 6) is -0.655. The van der Waals surface area contributed by atoms with Gasteiger partial charge in [-0.25, -0.2) is 27.1 Å². The van der Waals surface area contributed by atoms with Crippen molar-refractivity contribution in [3.05, 3.63) is 34.7 Å². The minimum atomic E-state index is -3.32. The van der Waals surface area contributed by atoms with Gasteiger partial charge in [-0.05, 0) is 50.7 Å². The van der Waals surface area contributed by atoms with Crippen LogP contribution in [-0.2, 0) is 14.8 Å². The van der Waals surface area contributed by atoms with Gasteiger partial charge in [0.05, 0.1) is 34.8 Å². The Hall–Kier alpha value is -3.54. The number of aromatic nitrogens is 4. The fourth-order valence-corrected chi connectivity index (χ4v) is 6.59. The van der Waals surface area contributed by atoms with Crippen LogP contribution in [0.1, 0.15) is 50.1 Å². The summed E-state index contributed by atoms with van der Waals surface area (Å²) in [7, 11) is -3.32. The van der Waals surface area contributed by atoms with Gasteiger partial charge in [0.2, 0.25) is 27.8 Å². The molecule has 0 radical (unpaired) electrons. The Bertz CT molecular complexity index is 1580. The highest BCUT2D eigenvalue weighted by molar-refractivity contribution is 7.88. The van der Waals surface area contributed by atoms with Crippen LogP contribution in [0.2, 0.25) is 5.02 Å². The summed E-state index contributed by atoms with van der Waals surface area (Å²) < 4.78 is 42.3. The molecule has 5 rings (SSSR count). The van der Waals surface area contributed by atoms with Crippen LogP contribution in [0.15, 0.2) is 18.3 Å². The molecular weight excluding hydrogens is 561 g/mol. The van der Waals surface area contributed by atoms with Crippen molar-refractivity contribution in [2.24, 2.45) is 11.7 Å². The largest absolute Gasteiger partial charge is 0.369 e. The van der Waals surface area contributed by atoms with Crippen molar-refractivity contribution in [3.63, 3.8) is 0 Å². The Morgan fingerprint density at radius 1 is 1.23 bits per heavy atom. The number of nitrogens with zero attached hydrogens (tertiary/aromatic N) is 6. The number of nitrogens with one attached hydrogen (secondary N) is 2. The number of carbonyl (C=O) groups is 1. The molecule has 212 valence electrons. The van der Waals surface area contributed by atoms with Crippen LogP contribution in [0.5, 0.6) is 0 Å². The number of nitrogens with two attached hydrogens (primary N) is 1. The van der Waals surface area contributed by atoms with Crippen LogP contribution < -0.4 is 16.4 Å². The molecule has 0 bridgehead atoms. The molecule has 1 aliphatic carbocycles. The monoisotopic (exact) mass is 589 g/mol. The van der Waals surface area contributed by atoms with Gasteiger partial charge in [0, 0.05) is 31.1 Å². The number of piperidine rings is 1. The molecule has 1 aromatic carbocycles. The van der Waals surface area contributed by atoms with Crippen LogP contribution in [-0.4, -0.2) is 63.5 Å². The Morgan fingerprint density at radius 2 is 1.98 bits per heavy atom. The number of nitriles is 1. The number of fused-ring (bicyclic) bond motifs is 1. The standard InChI is InChI=1S/C25H29ClFN9O3S/c1-40(38,39)35-8-2-3-16(13-35)31-24-30-12-20-23(34-24)36(17-6-4-15(5-7-17)22(29)37)25(32-20)33-21-18(26)9-14(11-28)10-19(21)27/h9-10,12,15-17H,2-8,13H2,1H3,(H2,29,37)(H,32,33)(H,30,31,34)/t15?,16-,17?/m1/s1. The molecule has 1 atom stereocenters. The van der Waals surface area contributed by atoms with E-state index in [0.717, 1.165) is 12.5 Å². The van der Waals surface area contributed by atoms with Crippen molar-refractivity contribution in [3.8, 4) is 6.07 Å². The minimum absolute atomic E-state index is 0.0220. The van der Waals surface area contributed by atoms with Crippen LogP contribution >= 0.6 is 11.6 Å². The van der Waals surface area contributed by atoms with Crippen molar-refractivity contribution < 1.29 is 17.6 Å². The number of carbonyl (C=O) groups excluding carboxylic acids is 1. The highest BCUT2D eigenvalue weighted by Gasteiger charge is 2.30. The van der Waals surface area contributed by atoms with Gasteiger partial charge in [-0.15, -0.1) is 0 Å². The molecule has 3 aromatic rings. The summed E-state index contributed by atoms with van der Waals surface area (Å²) in [5, 5.41) is 15.4. The molecule has 1 saturated heterocycles. The Balaban J connectivity index is 1.50. The van der Waals surface area contributed by atoms with Crippen molar-refractivity contribution >= 4 is 56.3 Å². The van der Waals surface area contributed by atoms with Gasteiger partial charge < -0.3 is 16.4 Å². The normalized spacial score (nSPS) is 22.1. The van der Waals surface area contributed by atoms with E-state index in [9.17, 15) is 17.6 Å². The zero-order chi connectivity index (χ0) is 28.6. The molecule has 2 aliphatic rings. The van der Waals surface area contributed by atoms with E-state index in [1.165, 1.54) is 16.6 Å². The number of rotatable bonds is 7.